The molecular formula is C21H22BrN3O4. The van der Waals surface area contributed by atoms with E-state index in [4.69, 9.17) is 4.74 Å². The van der Waals surface area contributed by atoms with Gasteiger partial charge in [0.2, 0.25) is 11.8 Å². The number of rotatable bonds is 5. The van der Waals surface area contributed by atoms with Gasteiger partial charge >= 0.3 is 0 Å². The Morgan fingerprint density at radius 3 is 2.62 bits per heavy atom. The number of nitrogens with zero attached hydrogens (tertiary/aromatic N) is 2. The molecule has 3 rings (SSSR count). The van der Waals surface area contributed by atoms with Crippen LogP contribution in [0.3, 0.4) is 0 Å². The summed E-state index contributed by atoms with van der Waals surface area (Å²) in [6, 6.07) is 14.0. The van der Waals surface area contributed by atoms with Crippen molar-refractivity contribution in [2.24, 2.45) is 0 Å². The van der Waals surface area contributed by atoms with Crippen LogP contribution in [0.25, 0.3) is 0 Å². The second-order valence-corrected chi connectivity index (χ2v) is 7.79. The van der Waals surface area contributed by atoms with Gasteiger partial charge in [-0.3, -0.25) is 14.4 Å². The second kappa shape index (κ2) is 9.09. The van der Waals surface area contributed by atoms with E-state index in [1.807, 2.05) is 25.1 Å². The van der Waals surface area contributed by atoms with Crippen LogP contribution in [0.5, 0.6) is 5.75 Å². The standard InChI is InChI=1S/C21H22BrN3O4/c1-14-11-19(26)23-17-5-3-4-6-18(17)25(14)20(27)12-24(2)21(28)13-29-16-9-7-15(22)8-10-16/h3-10,14H,11-13H2,1-2H3,(H,23,26). The third kappa shape index (κ3) is 5.14. The van der Waals surface area contributed by atoms with E-state index in [0.717, 1.165) is 4.47 Å². The second-order valence-electron chi connectivity index (χ2n) is 6.87. The number of carbonyl (C=O) groups is 3. The van der Waals surface area contributed by atoms with Gasteiger partial charge in [0.1, 0.15) is 5.75 Å². The predicted molar refractivity (Wildman–Crippen MR) is 114 cm³/mol. The largest absolute Gasteiger partial charge is 0.484 e. The SMILES string of the molecule is CC1CC(=O)Nc2ccccc2N1C(=O)CN(C)C(=O)COc1ccc(Br)cc1. The Labute approximate surface area is 177 Å². The highest BCUT2D eigenvalue weighted by molar-refractivity contribution is 9.10. The molecule has 1 N–H and O–H groups in total. The van der Waals surface area contributed by atoms with E-state index in [2.05, 4.69) is 21.2 Å². The molecule has 0 aromatic heterocycles. The van der Waals surface area contributed by atoms with Crippen molar-refractivity contribution in [1.82, 2.24) is 4.90 Å². The van der Waals surface area contributed by atoms with Gasteiger partial charge < -0.3 is 19.9 Å². The van der Waals surface area contributed by atoms with Gasteiger partial charge in [0.15, 0.2) is 6.61 Å². The molecular weight excluding hydrogens is 438 g/mol. The number of halogens is 1. The van der Waals surface area contributed by atoms with Gasteiger partial charge in [-0.05, 0) is 43.3 Å². The number of nitrogens with one attached hydrogen (secondary N) is 1. The maximum atomic E-state index is 13.0. The van der Waals surface area contributed by atoms with Crippen molar-refractivity contribution in [3.05, 3.63) is 53.0 Å². The summed E-state index contributed by atoms with van der Waals surface area (Å²) < 4.78 is 6.41. The molecule has 1 aliphatic rings. The molecule has 0 fully saturated rings. The Morgan fingerprint density at radius 1 is 1.21 bits per heavy atom. The molecule has 0 saturated heterocycles. The zero-order valence-electron chi connectivity index (χ0n) is 16.2. The van der Waals surface area contributed by atoms with Crippen LogP contribution in [-0.2, 0) is 14.4 Å². The lowest BCUT2D eigenvalue weighted by Crippen LogP contribution is -2.46. The number of fused-ring (bicyclic) bond motifs is 1. The third-order valence-electron chi connectivity index (χ3n) is 4.60. The van der Waals surface area contributed by atoms with Crippen molar-refractivity contribution in [1.29, 1.82) is 0 Å². The fourth-order valence-corrected chi connectivity index (χ4v) is 3.39. The number of likely N-dealkylation sites (N-methyl/N-ethyl adjacent to an activating group) is 1. The fourth-order valence-electron chi connectivity index (χ4n) is 3.12. The molecule has 2 aromatic rings. The number of hydrogen-bond donors (Lipinski definition) is 1. The number of ether oxygens (including phenoxy) is 1. The molecule has 0 radical (unpaired) electrons. The number of anilines is 2. The van der Waals surface area contributed by atoms with Gasteiger partial charge in [0.25, 0.3) is 5.91 Å². The number of amides is 3. The van der Waals surface area contributed by atoms with Crippen molar-refractivity contribution in [2.75, 3.05) is 30.4 Å². The first-order chi connectivity index (χ1) is 13.8. The quantitative estimate of drug-likeness (QED) is 0.744. The van der Waals surface area contributed by atoms with Crippen LogP contribution < -0.4 is 15.0 Å². The lowest BCUT2D eigenvalue weighted by molar-refractivity contribution is -0.135. The zero-order chi connectivity index (χ0) is 21.0. The third-order valence-corrected chi connectivity index (χ3v) is 5.13. The van der Waals surface area contributed by atoms with E-state index in [-0.39, 0.29) is 43.3 Å². The Kier molecular flexibility index (Phi) is 6.53. The van der Waals surface area contributed by atoms with E-state index in [0.29, 0.717) is 17.1 Å². The lowest BCUT2D eigenvalue weighted by Gasteiger charge is -2.29. The van der Waals surface area contributed by atoms with Gasteiger partial charge in [-0.1, -0.05) is 28.1 Å². The molecule has 29 heavy (non-hydrogen) atoms. The normalized spacial score (nSPS) is 15.8. The van der Waals surface area contributed by atoms with Crippen LogP contribution in [-0.4, -0.2) is 48.9 Å². The van der Waals surface area contributed by atoms with Crippen LogP contribution in [0.15, 0.2) is 53.0 Å². The van der Waals surface area contributed by atoms with Gasteiger partial charge in [0, 0.05) is 24.0 Å². The highest BCUT2D eigenvalue weighted by Gasteiger charge is 2.30. The summed E-state index contributed by atoms with van der Waals surface area (Å²) in [6.07, 6.45) is 0.185. The Balaban J connectivity index is 1.65. The van der Waals surface area contributed by atoms with Crippen molar-refractivity contribution in [2.45, 2.75) is 19.4 Å². The van der Waals surface area contributed by atoms with Crippen LogP contribution in [0.4, 0.5) is 11.4 Å². The Bertz CT molecular complexity index is 916. The Morgan fingerprint density at radius 2 is 1.90 bits per heavy atom. The average molecular weight is 460 g/mol. The number of carbonyl (C=O) groups excluding carboxylic acids is 3. The van der Waals surface area contributed by atoms with E-state index in [1.54, 1.807) is 42.3 Å². The van der Waals surface area contributed by atoms with Crippen LogP contribution >= 0.6 is 15.9 Å². The van der Waals surface area contributed by atoms with Gasteiger partial charge in [-0.15, -0.1) is 0 Å². The van der Waals surface area contributed by atoms with Crippen molar-refractivity contribution in [3.63, 3.8) is 0 Å². The first-order valence-corrected chi connectivity index (χ1v) is 9.97. The van der Waals surface area contributed by atoms with Gasteiger partial charge in [-0.25, -0.2) is 0 Å². The minimum absolute atomic E-state index is 0.116. The molecule has 0 saturated carbocycles. The van der Waals surface area contributed by atoms with Crippen LogP contribution in [0.2, 0.25) is 0 Å². The molecule has 1 atom stereocenters. The fraction of sp³-hybridized carbons (Fsp3) is 0.286. The molecule has 8 heteroatoms. The predicted octanol–water partition coefficient (Wildman–Crippen LogP) is 3.05. The molecule has 7 nitrogen and oxygen atoms in total. The zero-order valence-corrected chi connectivity index (χ0v) is 17.8. The molecule has 0 aliphatic carbocycles. The smallest absolute Gasteiger partial charge is 0.260 e. The van der Waals surface area contributed by atoms with Crippen molar-refractivity contribution in [3.8, 4) is 5.75 Å². The van der Waals surface area contributed by atoms with Crippen LogP contribution in [0, 0.1) is 0 Å². The summed E-state index contributed by atoms with van der Waals surface area (Å²) in [5.74, 6) is -0.152. The highest BCUT2D eigenvalue weighted by Crippen LogP contribution is 2.31. The summed E-state index contributed by atoms with van der Waals surface area (Å²) in [6.45, 7) is 1.53. The summed E-state index contributed by atoms with van der Waals surface area (Å²) in [7, 11) is 1.56. The number of hydrogen-bond acceptors (Lipinski definition) is 4. The number of benzene rings is 2. The average Bonchev–Trinajstić information content (AvgIpc) is 2.81. The van der Waals surface area contributed by atoms with E-state index >= 15 is 0 Å². The molecule has 3 amide bonds. The maximum absolute atomic E-state index is 13.0. The maximum Gasteiger partial charge on any atom is 0.260 e. The molecule has 0 bridgehead atoms. The molecule has 0 spiro atoms. The molecule has 152 valence electrons. The molecule has 2 aromatic carbocycles. The first-order valence-electron chi connectivity index (χ1n) is 9.18. The summed E-state index contributed by atoms with van der Waals surface area (Å²) >= 11 is 3.34. The van der Waals surface area contributed by atoms with E-state index in [1.165, 1.54) is 4.90 Å². The summed E-state index contributed by atoms with van der Waals surface area (Å²) in [5.41, 5.74) is 1.21. The monoisotopic (exact) mass is 459 g/mol. The first kappa shape index (κ1) is 20.9. The summed E-state index contributed by atoms with van der Waals surface area (Å²) in [4.78, 5) is 40.4. The summed E-state index contributed by atoms with van der Waals surface area (Å²) in [5, 5.41) is 2.82. The number of para-hydroxylation sites is 2. The minimum atomic E-state index is -0.325. The Hall–Kier alpha value is -2.87. The van der Waals surface area contributed by atoms with E-state index in [9.17, 15) is 14.4 Å². The molecule has 1 aliphatic heterocycles. The molecule has 1 unspecified atom stereocenters. The van der Waals surface area contributed by atoms with Crippen molar-refractivity contribution < 1.29 is 19.1 Å². The molecule has 1 heterocycles. The minimum Gasteiger partial charge on any atom is -0.484 e. The highest BCUT2D eigenvalue weighted by atomic mass is 79.9. The van der Waals surface area contributed by atoms with E-state index < -0.39 is 0 Å². The van der Waals surface area contributed by atoms with Crippen molar-refractivity contribution >= 4 is 45.0 Å². The van der Waals surface area contributed by atoms with Gasteiger partial charge in [-0.2, -0.15) is 0 Å². The van der Waals surface area contributed by atoms with Gasteiger partial charge in [0.05, 0.1) is 17.9 Å². The topological polar surface area (TPSA) is 79.0 Å². The lowest BCUT2D eigenvalue weighted by atomic mass is 10.1. The van der Waals surface area contributed by atoms with Crippen LogP contribution in [0.1, 0.15) is 13.3 Å².